The summed E-state index contributed by atoms with van der Waals surface area (Å²) >= 11 is 0. The van der Waals surface area contributed by atoms with Gasteiger partial charge in [0.1, 0.15) is 28.6 Å². The lowest BCUT2D eigenvalue weighted by Gasteiger charge is -2.45. The summed E-state index contributed by atoms with van der Waals surface area (Å²) in [4.78, 5) is 39.2. The number of hydrogen-bond donors (Lipinski definition) is 2. The molecule has 2 N–H and O–H groups in total. The number of ether oxygens (including phenoxy) is 1. The third-order valence-electron chi connectivity index (χ3n) is 6.31. The molecule has 0 spiro atoms. The van der Waals surface area contributed by atoms with E-state index in [0.29, 0.717) is 11.1 Å². The van der Waals surface area contributed by atoms with Gasteiger partial charge in [0.15, 0.2) is 17.3 Å². The number of ketones is 3. The van der Waals surface area contributed by atoms with E-state index in [0.717, 1.165) is 0 Å². The Hall–Kier alpha value is -2.63. The Balaban J connectivity index is 2.38. The maximum Gasteiger partial charge on any atom is 0.175 e. The van der Waals surface area contributed by atoms with E-state index >= 15 is 0 Å². The molecule has 30 heavy (non-hydrogen) atoms. The van der Waals surface area contributed by atoms with E-state index in [9.17, 15) is 24.6 Å². The third-order valence-corrected chi connectivity index (χ3v) is 6.31. The van der Waals surface area contributed by atoms with Crippen LogP contribution in [0.15, 0.2) is 17.4 Å². The fourth-order valence-corrected chi connectivity index (χ4v) is 4.71. The summed E-state index contributed by atoms with van der Waals surface area (Å²) in [5, 5.41) is 21.6. The zero-order valence-electron chi connectivity index (χ0n) is 18.8. The Morgan fingerprint density at radius 1 is 1.03 bits per heavy atom. The zero-order valence-corrected chi connectivity index (χ0v) is 18.8. The van der Waals surface area contributed by atoms with Gasteiger partial charge in [-0.1, -0.05) is 27.7 Å². The number of hydrogen-bond acceptors (Lipinski definition) is 6. The number of fused-ring (bicyclic) bond motifs is 1. The lowest BCUT2D eigenvalue weighted by molar-refractivity contribution is -0.144. The van der Waals surface area contributed by atoms with Crippen molar-refractivity contribution < 1.29 is 29.3 Å². The molecule has 162 valence electrons. The Bertz CT molecular complexity index is 1010. The van der Waals surface area contributed by atoms with Crippen LogP contribution in [-0.4, -0.2) is 27.6 Å². The Labute approximate surface area is 176 Å². The van der Waals surface area contributed by atoms with E-state index < -0.39 is 28.4 Å². The van der Waals surface area contributed by atoms with Crippen molar-refractivity contribution in [3.05, 3.63) is 28.5 Å². The van der Waals surface area contributed by atoms with Crippen molar-refractivity contribution in [3.63, 3.8) is 0 Å². The molecule has 1 aromatic carbocycles. The number of Topliss-reactive ketones (excluding diaryl/α,β-unsaturated/α-hetero) is 3. The van der Waals surface area contributed by atoms with Crippen molar-refractivity contribution >= 4 is 17.3 Å². The van der Waals surface area contributed by atoms with E-state index in [1.165, 1.54) is 6.07 Å². The van der Waals surface area contributed by atoms with Gasteiger partial charge < -0.3 is 14.9 Å². The molecule has 2 aliphatic rings. The van der Waals surface area contributed by atoms with Crippen molar-refractivity contribution in [2.75, 3.05) is 0 Å². The van der Waals surface area contributed by atoms with Crippen molar-refractivity contribution in [3.8, 4) is 17.2 Å². The van der Waals surface area contributed by atoms with Gasteiger partial charge in [0.25, 0.3) is 0 Å². The van der Waals surface area contributed by atoms with Crippen LogP contribution in [0, 0.1) is 22.7 Å². The number of carbonyl (C=O) groups excluding carboxylic acids is 3. The van der Waals surface area contributed by atoms with Crippen molar-refractivity contribution in [1.82, 2.24) is 0 Å². The van der Waals surface area contributed by atoms with Crippen LogP contribution in [0.1, 0.15) is 77.2 Å². The largest absolute Gasteiger partial charge is 0.507 e. The average molecular weight is 414 g/mol. The highest BCUT2D eigenvalue weighted by molar-refractivity contribution is 6.20. The minimum atomic E-state index is -1.24. The Kier molecular flexibility index (Phi) is 4.92. The first-order valence-corrected chi connectivity index (χ1v) is 10.3. The molecule has 0 bridgehead atoms. The number of aromatic hydroxyl groups is 2. The van der Waals surface area contributed by atoms with Gasteiger partial charge in [-0.2, -0.15) is 0 Å². The molecule has 0 saturated heterocycles. The van der Waals surface area contributed by atoms with Crippen molar-refractivity contribution in [1.29, 1.82) is 0 Å². The number of phenols is 2. The molecule has 1 aliphatic carbocycles. The molecule has 0 fully saturated rings. The SMILES string of the molecule is CC(C)C(=O)c1c(O)cc2c(c1O)C(C(C)C)C1=C(O2)C(C)(C)C(=O)C(C)(C)C1=O. The summed E-state index contributed by atoms with van der Waals surface area (Å²) in [5.74, 6) is -2.48. The zero-order chi connectivity index (χ0) is 22.9. The monoisotopic (exact) mass is 414 g/mol. The maximum atomic E-state index is 13.5. The molecular weight excluding hydrogens is 384 g/mol. The topological polar surface area (TPSA) is 101 Å². The van der Waals surface area contributed by atoms with E-state index in [4.69, 9.17) is 4.74 Å². The predicted octanol–water partition coefficient (Wildman–Crippen LogP) is 4.53. The fourth-order valence-electron chi connectivity index (χ4n) is 4.71. The summed E-state index contributed by atoms with van der Waals surface area (Å²) < 4.78 is 6.03. The summed E-state index contributed by atoms with van der Waals surface area (Å²) in [7, 11) is 0. The molecule has 0 aromatic heterocycles. The number of carbonyl (C=O) groups is 3. The smallest absolute Gasteiger partial charge is 0.175 e. The highest BCUT2D eigenvalue weighted by Crippen LogP contribution is 2.57. The molecule has 1 atom stereocenters. The Morgan fingerprint density at radius 2 is 1.60 bits per heavy atom. The number of allylic oxidation sites excluding steroid dienone is 2. The van der Waals surface area contributed by atoms with Gasteiger partial charge in [-0.05, 0) is 33.6 Å². The standard InChI is InChI=1S/C24H30O6/c1-10(2)14-16-13(9-12(25)15(19(16)27)18(26)11(3)4)30-21-17(14)20(28)23(5,6)22(29)24(21,7)8/h9-11,14,25,27H,1-8H3. The van der Waals surface area contributed by atoms with Crippen LogP contribution in [-0.2, 0) is 9.59 Å². The Morgan fingerprint density at radius 3 is 2.10 bits per heavy atom. The molecule has 3 rings (SSSR count). The average Bonchev–Trinajstić information content (AvgIpc) is 2.63. The fraction of sp³-hybridized carbons (Fsp3) is 0.542. The predicted molar refractivity (Wildman–Crippen MR) is 112 cm³/mol. The van der Waals surface area contributed by atoms with E-state index in [1.54, 1.807) is 41.5 Å². The molecule has 6 heteroatoms. The number of benzene rings is 1. The van der Waals surface area contributed by atoms with Crippen LogP contribution in [0.3, 0.4) is 0 Å². The van der Waals surface area contributed by atoms with Crippen molar-refractivity contribution in [2.24, 2.45) is 22.7 Å². The molecule has 1 aromatic rings. The highest BCUT2D eigenvalue weighted by Gasteiger charge is 2.57. The van der Waals surface area contributed by atoms with Crippen LogP contribution in [0.2, 0.25) is 0 Å². The van der Waals surface area contributed by atoms with Gasteiger partial charge in [-0.15, -0.1) is 0 Å². The summed E-state index contributed by atoms with van der Waals surface area (Å²) in [6.45, 7) is 13.8. The first kappa shape index (κ1) is 22.1. The molecule has 1 aliphatic heterocycles. The minimum Gasteiger partial charge on any atom is -0.507 e. The molecule has 0 amide bonds. The summed E-state index contributed by atoms with van der Waals surface area (Å²) in [5.41, 5.74) is -1.80. The molecule has 1 unspecified atom stereocenters. The second-order valence-electron chi connectivity index (χ2n) is 10.0. The van der Waals surface area contributed by atoms with Crippen LogP contribution in [0.25, 0.3) is 0 Å². The molecule has 0 saturated carbocycles. The van der Waals surface area contributed by atoms with Gasteiger partial charge in [0, 0.05) is 29.0 Å². The number of phenolic OH excluding ortho intramolecular Hbond substituents is 2. The maximum absolute atomic E-state index is 13.5. The molecule has 0 radical (unpaired) electrons. The van der Waals surface area contributed by atoms with Crippen LogP contribution in [0.5, 0.6) is 17.2 Å². The number of rotatable bonds is 3. The second kappa shape index (κ2) is 6.69. The quantitative estimate of drug-likeness (QED) is 0.557. The lowest BCUT2D eigenvalue weighted by atomic mass is 9.59. The van der Waals surface area contributed by atoms with E-state index in [-0.39, 0.29) is 46.1 Å². The second-order valence-corrected chi connectivity index (χ2v) is 10.0. The minimum absolute atomic E-state index is 0.140. The summed E-state index contributed by atoms with van der Waals surface area (Å²) in [6.07, 6.45) is 0. The van der Waals surface area contributed by atoms with Gasteiger partial charge >= 0.3 is 0 Å². The van der Waals surface area contributed by atoms with Gasteiger partial charge in [0.05, 0.1) is 10.8 Å². The molecular formula is C24H30O6. The van der Waals surface area contributed by atoms with Crippen LogP contribution < -0.4 is 4.74 Å². The normalized spacial score (nSPS) is 22.1. The highest BCUT2D eigenvalue weighted by atomic mass is 16.5. The van der Waals surface area contributed by atoms with Crippen LogP contribution in [0.4, 0.5) is 0 Å². The van der Waals surface area contributed by atoms with Gasteiger partial charge in [-0.3, -0.25) is 14.4 Å². The van der Waals surface area contributed by atoms with Gasteiger partial charge in [-0.25, -0.2) is 0 Å². The third kappa shape index (κ3) is 2.80. The van der Waals surface area contributed by atoms with Crippen molar-refractivity contribution in [2.45, 2.75) is 61.3 Å². The van der Waals surface area contributed by atoms with E-state index in [2.05, 4.69) is 0 Å². The van der Waals surface area contributed by atoms with Gasteiger partial charge in [0.2, 0.25) is 0 Å². The molecule has 1 heterocycles. The first-order chi connectivity index (χ1) is 13.7. The first-order valence-electron chi connectivity index (χ1n) is 10.3. The lowest BCUT2D eigenvalue weighted by Crippen LogP contribution is -2.52. The van der Waals surface area contributed by atoms with Crippen LogP contribution >= 0.6 is 0 Å². The van der Waals surface area contributed by atoms with E-state index in [1.807, 2.05) is 13.8 Å². The molecule has 6 nitrogen and oxygen atoms in total. The summed E-state index contributed by atoms with van der Waals surface area (Å²) in [6, 6.07) is 1.30.